The molecule has 3 aromatic rings. The first-order valence-corrected chi connectivity index (χ1v) is 12.4. The number of nitrogens with zero attached hydrogens (tertiary/aromatic N) is 4. The van der Waals surface area contributed by atoms with Crippen LogP contribution < -0.4 is 26.2 Å². The first kappa shape index (κ1) is 20.5. The zero-order valence-electron chi connectivity index (χ0n) is 19.6. The van der Waals surface area contributed by atoms with Gasteiger partial charge in [-0.2, -0.15) is 9.61 Å². The lowest BCUT2D eigenvalue weighted by Crippen LogP contribution is -2.51. The minimum atomic E-state index is -0.267. The monoisotopic (exact) mass is 491 g/mol. The number of aromatic nitrogens is 4. The van der Waals surface area contributed by atoms with Crippen LogP contribution in [0.4, 0.5) is 17.3 Å². The smallest absolute Gasteiger partial charge is 0.274 e. The van der Waals surface area contributed by atoms with Crippen molar-refractivity contribution in [2.24, 2.45) is 11.8 Å². The van der Waals surface area contributed by atoms with E-state index in [9.17, 15) is 9.59 Å². The number of carbonyl (C=O) groups excluding carboxylic acids is 1. The van der Waals surface area contributed by atoms with Crippen LogP contribution in [0.5, 0.6) is 5.75 Å². The first-order valence-electron chi connectivity index (χ1n) is 12.4. The maximum absolute atomic E-state index is 13.4. The van der Waals surface area contributed by atoms with E-state index in [-0.39, 0.29) is 35.3 Å². The predicted octanol–water partition coefficient (Wildman–Crippen LogP) is 0.700. The lowest BCUT2D eigenvalue weighted by atomic mass is 9.89. The van der Waals surface area contributed by atoms with Crippen LogP contribution in [0.15, 0.2) is 29.3 Å². The number of ether oxygens (including phenoxy) is 3. The molecule has 3 N–H and O–H groups in total. The fraction of sp³-hybridized carbons (Fsp3) is 0.500. The Hall–Kier alpha value is -3.64. The van der Waals surface area contributed by atoms with Crippen LogP contribution >= 0.6 is 0 Å². The van der Waals surface area contributed by atoms with Gasteiger partial charge in [-0.3, -0.25) is 9.59 Å². The molecule has 3 aromatic heterocycles. The highest BCUT2D eigenvalue weighted by Crippen LogP contribution is 2.82. The number of fused-ring (bicyclic) bond motifs is 4. The van der Waals surface area contributed by atoms with Crippen LogP contribution in [-0.2, 0) is 15.0 Å². The van der Waals surface area contributed by atoms with Crippen LogP contribution in [0.25, 0.3) is 5.65 Å². The molecule has 0 spiro atoms. The molecule has 9 rings (SSSR count). The zero-order chi connectivity index (χ0) is 24.2. The molecule has 6 aliphatic rings. The standard InChI is InChI=1S/C24H25N7O5/c1-34-15-5-4-13(15)28-22(32)11-9-26-31-20(11)29-19(17-21(31)25-6-8-35-17)27-14-3-2-7-30(23(14)33)24-12-10-36-18(24)16(12)24/h2-3,7,9,12-13,15-16,18,25H,4-6,8,10H2,1H3,(H,27,29)(H,28,32)/t12-,13?,15+,16-,18?,24-/m1/s1. The van der Waals surface area contributed by atoms with E-state index < -0.39 is 0 Å². The minimum absolute atomic E-state index is 0.0155. The van der Waals surface area contributed by atoms with Crippen molar-refractivity contribution in [1.29, 1.82) is 0 Å². The molecule has 0 radical (unpaired) electrons. The molecule has 12 heteroatoms. The summed E-state index contributed by atoms with van der Waals surface area (Å²) in [5.74, 6) is 2.02. The van der Waals surface area contributed by atoms with E-state index in [1.165, 1.54) is 6.20 Å². The van der Waals surface area contributed by atoms with Gasteiger partial charge in [-0.05, 0) is 25.0 Å². The van der Waals surface area contributed by atoms with E-state index in [4.69, 9.17) is 19.2 Å². The number of hydrogen-bond donors (Lipinski definition) is 3. The van der Waals surface area contributed by atoms with E-state index in [2.05, 4.69) is 21.0 Å². The van der Waals surface area contributed by atoms with Crippen LogP contribution in [0.2, 0.25) is 0 Å². The second kappa shape index (κ2) is 6.98. The Morgan fingerprint density at radius 1 is 1.36 bits per heavy atom. The van der Waals surface area contributed by atoms with Gasteiger partial charge < -0.3 is 34.7 Å². The Balaban J connectivity index is 1.17. The summed E-state index contributed by atoms with van der Waals surface area (Å²) in [5.41, 5.74) is 0.805. The van der Waals surface area contributed by atoms with Crippen molar-refractivity contribution in [3.8, 4) is 5.75 Å². The zero-order valence-corrected chi connectivity index (χ0v) is 19.6. The lowest BCUT2D eigenvalue weighted by molar-refractivity contribution is 0.00732. The molecule has 3 aliphatic carbocycles. The fourth-order valence-corrected chi connectivity index (χ4v) is 6.37. The van der Waals surface area contributed by atoms with Gasteiger partial charge in [0.2, 0.25) is 5.75 Å². The second-order valence-electron chi connectivity index (χ2n) is 10.1. The molecule has 36 heavy (non-hydrogen) atoms. The molecule has 0 aromatic carbocycles. The molecule has 6 atom stereocenters. The summed E-state index contributed by atoms with van der Waals surface area (Å²) in [4.78, 5) is 31.3. The molecule has 5 fully saturated rings. The van der Waals surface area contributed by atoms with Gasteiger partial charge >= 0.3 is 0 Å². The maximum Gasteiger partial charge on any atom is 0.274 e. The van der Waals surface area contributed by atoms with Crippen molar-refractivity contribution < 1.29 is 19.0 Å². The number of hydrogen-bond acceptors (Lipinski definition) is 9. The number of amides is 1. The van der Waals surface area contributed by atoms with Crippen molar-refractivity contribution in [3.63, 3.8) is 0 Å². The molecular weight excluding hydrogens is 466 g/mol. The van der Waals surface area contributed by atoms with Crippen molar-refractivity contribution in [1.82, 2.24) is 24.5 Å². The quantitative estimate of drug-likeness (QED) is 0.456. The van der Waals surface area contributed by atoms with E-state index in [1.54, 1.807) is 17.7 Å². The first-order chi connectivity index (χ1) is 17.6. The van der Waals surface area contributed by atoms with E-state index >= 15 is 0 Å². The summed E-state index contributed by atoms with van der Waals surface area (Å²) in [7, 11) is 1.65. The summed E-state index contributed by atoms with van der Waals surface area (Å²) in [6, 6.07) is 3.56. The molecular formula is C24H25N7O5. The SMILES string of the molecule is CO[C@H]1CCC1NC(=O)c1cnn2c3c(c(Nc4cccn([C@]56C7OC[C@@H]5[C@H]76)c4=O)nc12)OCCN3. The number of methoxy groups -OCH3 is 1. The molecule has 3 saturated carbocycles. The number of nitrogens with one attached hydrogen (secondary N) is 3. The Morgan fingerprint density at radius 2 is 2.28 bits per heavy atom. The predicted molar refractivity (Wildman–Crippen MR) is 127 cm³/mol. The average Bonchev–Trinajstić information content (AvgIpc) is 3.39. The summed E-state index contributed by atoms with van der Waals surface area (Å²) < 4.78 is 20.5. The fourth-order valence-electron chi connectivity index (χ4n) is 6.37. The van der Waals surface area contributed by atoms with Crippen LogP contribution in [0, 0.1) is 11.8 Å². The highest BCUT2D eigenvalue weighted by molar-refractivity contribution is 6.00. The molecule has 1 amide bonds. The Labute approximate surface area is 204 Å². The van der Waals surface area contributed by atoms with Crippen molar-refractivity contribution >= 4 is 28.9 Å². The number of pyridine rings is 1. The van der Waals surface area contributed by atoms with Gasteiger partial charge in [-0.15, -0.1) is 0 Å². The highest BCUT2D eigenvalue weighted by atomic mass is 16.5. The van der Waals surface area contributed by atoms with E-state index in [0.717, 1.165) is 19.4 Å². The summed E-state index contributed by atoms with van der Waals surface area (Å²) in [5, 5.41) is 13.9. The van der Waals surface area contributed by atoms with E-state index in [1.807, 2.05) is 16.8 Å². The van der Waals surface area contributed by atoms with Gasteiger partial charge in [0.25, 0.3) is 11.5 Å². The van der Waals surface area contributed by atoms with Gasteiger partial charge in [-0.25, -0.2) is 4.98 Å². The number of anilines is 3. The maximum atomic E-state index is 13.4. The van der Waals surface area contributed by atoms with Gasteiger partial charge in [0, 0.05) is 25.1 Å². The van der Waals surface area contributed by atoms with Gasteiger partial charge in [0.05, 0.1) is 43.1 Å². The Bertz CT molecular complexity index is 1470. The van der Waals surface area contributed by atoms with Crippen molar-refractivity contribution in [3.05, 3.63) is 40.4 Å². The van der Waals surface area contributed by atoms with Crippen LogP contribution in [0.3, 0.4) is 0 Å². The molecule has 6 heterocycles. The van der Waals surface area contributed by atoms with Crippen LogP contribution in [0.1, 0.15) is 23.2 Å². The third kappa shape index (κ3) is 2.50. The average molecular weight is 492 g/mol. The summed E-state index contributed by atoms with van der Waals surface area (Å²) in [6.07, 6.45) is 5.30. The molecule has 12 nitrogen and oxygen atoms in total. The summed E-state index contributed by atoms with van der Waals surface area (Å²) >= 11 is 0. The topological polar surface area (TPSA) is 133 Å². The molecule has 2 unspecified atom stereocenters. The molecule has 2 bridgehead atoms. The summed E-state index contributed by atoms with van der Waals surface area (Å²) in [6.45, 7) is 1.74. The number of rotatable bonds is 6. The van der Waals surface area contributed by atoms with Gasteiger partial charge in [-0.1, -0.05) is 0 Å². The molecule has 186 valence electrons. The largest absolute Gasteiger partial charge is 0.485 e. The van der Waals surface area contributed by atoms with Crippen LogP contribution in [-0.4, -0.2) is 70.2 Å². The van der Waals surface area contributed by atoms with E-state index in [0.29, 0.717) is 59.3 Å². The van der Waals surface area contributed by atoms with Gasteiger partial charge in [0.15, 0.2) is 17.3 Å². The molecule has 2 saturated heterocycles. The third-order valence-electron chi connectivity index (χ3n) is 8.52. The highest BCUT2D eigenvalue weighted by Gasteiger charge is 2.93. The lowest BCUT2D eigenvalue weighted by Gasteiger charge is -2.35. The Morgan fingerprint density at radius 3 is 3.03 bits per heavy atom. The van der Waals surface area contributed by atoms with Gasteiger partial charge in [0.1, 0.15) is 17.9 Å². The van der Waals surface area contributed by atoms with Crippen molar-refractivity contribution in [2.75, 3.05) is 37.5 Å². The Kier molecular flexibility index (Phi) is 3.98. The second-order valence-corrected chi connectivity index (χ2v) is 10.1. The normalized spacial score (nSPS) is 32.5. The number of carbonyl (C=O) groups is 1. The molecule has 3 aliphatic heterocycles. The minimum Gasteiger partial charge on any atom is -0.485 e. The van der Waals surface area contributed by atoms with Crippen molar-refractivity contribution in [2.45, 2.75) is 36.6 Å². The third-order valence-corrected chi connectivity index (χ3v) is 8.52.